The molecule has 0 aromatic heterocycles. The van der Waals surface area contributed by atoms with Crippen LogP contribution < -0.4 is 0 Å². The monoisotopic (exact) mass is 228 g/mol. The summed E-state index contributed by atoms with van der Waals surface area (Å²) in [5.74, 6) is 0. The summed E-state index contributed by atoms with van der Waals surface area (Å²) < 4.78 is 5.93. The first-order valence-corrected chi connectivity index (χ1v) is 6.33. The summed E-state index contributed by atoms with van der Waals surface area (Å²) in [5.41, 5.74) is 0.333. The van der Waals surface area contributed by atoms with Crippen molar-refractivity contribution in [3.8, 4) is 0 Å². The van der Waals surface area contributed by atoms with E-state index in [-0.39, 0.29) is 17.4 Å². The third kappa shape index (κ3) is 2.96. The molecule has 16 heavy (non-hydrogen) atoms. The van der Waals surface area contributed by atoms with Crippen molar-refractivity contribution in [1.82, 2.24) is 9.80 Å². The molecule has 3 heteroatoms. The van der Waals surface area contributed by atoms with Gasteiger partial charge in [0.05, 0.1) is 0 Å². The zero-order valence-corrected chi connectivity index (χ0v) is 12.0. The van der Waals surface area contributed by atoms with Crippen molar-refractivity contribution in [3.05, 3.63) is 0 Å². The highest BCUT2D eigenvalue weighted by Gasteiger charge is 2.42. The summed E-state index contributed by atoms with van der Waals surface area (Å²) in [6.07, 6.45) is 0.130. The lowest BCUT2D eigenvalue weighted by molar-refractivity contribution is -0.155. The average molecular weight is 228 g/mol. The van der Waals surface area contributed by atoms with Crippen LogP contribution >= 0.6 is 0 Å². The van der Waals surface area contributed by atoms with Crippen LogP contribution in [0, 0.1) is 0 Å². The Morgan fingerprint density at radius 3 is 1.56 bits per heavy atom. The number of ether oxygens (including phenoxy) is 1. The lowest BCUT2D eigenvalue weighted by Gasteiger charge is -2.42. The summed E-state index contributed by atoms with van der Waals surface area (Å²) in [7, 11) is 0. The van der Waals surface area contributed by atoms with Crippen LogP contribution in [0.25, 0.3) is 0 Å². The minimum Gasteiger partial charge on any atom is -0.350 e. The molecule has 1 fully saturated rings. The highest BCUT2D eigenvalue weighted by atomic mass is 16.5. The number of rotatable bonds is 2. The highest BCUT2D eigenvalue weighted by Crippen LogP contribution is 2.30. The van der Waals surface area contributed by atoms with E-state index in [4.69, 9.17) is 4.74 Å². The second kappa shape index (κ2) is 4.63. The first kappa shape index (κ1) is 13.9. The van der Waals surface area contributed by atoms with Gasteiger partial charge in [0, 0.05) is 30.8 Å². The molecule has 1 aliphatic heterocycles. The largest absolute Gasteiger partial charge is 0.350 e. The zero-order chi connectivity index (χ0) is 12.6. The Hall–Kier alpha value is -0.120. The SMILES string of the molecule is CCOC1N(C(C)(C)C)CCN1C(C)(C)C. The summed E-state index contributed by atoms with van der Waals surface area (Å²) in [6, 6.07) is 0. The van der Waals surface area contributed by atoms with Crippen LogP contribution in [0.5, 0.6) is 0 Å². The van der Waals surface area contributed by atoms with E-state index < -0.39 is 0 Å². The molecule has 1 rings (SSSR count). The van der Waals surface area contributed by atoms with Gasteiger partial charge in [0.25, 0.3) is 0 Å². The Bertz CT molecular complexity index is 205. The van der Waals surface area contributed by atoms with Crippen LogP contribution in [0.15, 0.2) is 0 Å². The molecule has 3 nitrogen and oxygen atoms in total. The first-order valence-electron chi connectivity index (χ1n) is 6.33. The maximum atomic E-state index is 5.93. The van der Waals surface area contributed by atoms with Crippen LogP contribution in [0.4, 0.5) is 0 Å². The van der Waals surface area contributed by atoms with Crippen molar-refractivity contribution in [1.29, 1.82) is 0 Å². The van der Waals surface area contributed by atoms with Gasteiger partial charge < -0.3 is 4.74 Å². The lowest BCUT2D eigenvalue weighted by atomic mass is 10.1. The molecule has 0 radical (unpaired) electrons. The molecular weight excluding hydrogens is 200 g/mol. The van der Waals surface area contributed by atoms with Gasteiger partial charge in [-0.1, -0.05) is 0 Å². The van der Waals surface area contributed by atoms with E-state index in [9.17, 15) is 0 Å². The normalized spacial score (nSPS) is 21.9. The molecule has 0 N–H and O–H groups in total. The topological polar surface area (TPSA) is 15.7 Å². The van der Waals surface area contributed by atoms with Crippen molar-refractivity contribution in [3.63, 3.8) is 0 Å². The molecule has 1 saturated heterocycles. The minimum atomic E-state index is 0.130. The third-order valence-electron chi connectivity index (χ3n) is 3.15. The molecule has 96 valence electrons. The average Bonchev–Trinajstić information content (AvgIpc) is 2.46. The van der Waals surface area contributed by atoms with Gasteiger partial charge in [0.2, 0.25) is 0 Å². The van der Waals surface area contributed by atoms with Gasteiger partial charge in [-0.2, -0.15) is 0 Å². The van der Waals surface area contributed by atoms with Crippen molar-refractivity contribution in [2.45, 2.75) is 65.9 Å². The van der Waals surface area contributed by atoms with E-state index >= 15 is 0 Å². The third-order valence-corrected chi connectivity index (χ3v) is 3.15. The molecule has 0 spiro atoms. The van der Waals surface area contributed by atoms with Crippen LogP contribution in [-0.4, -0.2) is 46.9 Å². The molecule has 0 amide bonds. The van der Waals surface area contributed by atoms with Gasteiger partial charge in [-0.3, -0.25) is 9.80 Å². The Morgan fingerprint density at radius 1 is 0.938 bits per heavy atom. The van der Waals surface area contributed by atoms with E-state index in [0.717, 1.165) is 19.7 Å². The predicted octanol–water partition coefficient (Wildman–Crippen LogP) is 2.52. The quantitative estimate of drug-likeness (QED) is 0.722. The van der Waals surface area contributed by atoms with Gasteiger partial charge in [0.15, 0.2) is 6.35 Å². The summed E-state index contributed by atoms with van der Waals surface area (Å²) in [5, 5.41) is 0. The maximum Gasteiger partial charge on any atom is 0.169 e. The minimum absolute atomic E-state index is 0.130. The number of hydrogen-bond donors (Lipinski definition) is 0. The van der Waals surface area contributed by atoms with E-state index in [1.807, 2.05) is 0 Å². The van der Waals surface area contributed by atoms with Gasteiger partial charge in [0.1, 0.15) is 0 Å². The van der Waals surface area contributed by atoms with Crippen molar-refractivity contribution < 1.29 is 4.74 Å². The summed E-state index contributed by atoms with van der Waals surface area (Å²) in [4.78, 5) is 4.89. The van der Waals surface area contributed by atoms with E-state index in [0.29, 0.717) is 0 Å². The molecule has 1 heterocycles. The Balaban J connectivity index is 2.85. The van der Waals surface area contributed by atoms with Gasteiger partial charge in [-0.15, -0.1) is 0 Å². The van der Waals surface area contributed by atoms with Crippen LogP contribution in [0.1, 0.15) is 48.5 Å². The smallest absolute Gasteiger partial charge is 0.169 e. The second-order valence-corrected chi connectivity index (χ2v) is 6.51. The zero-order valence-electron chi connectivity index (χ0n) is 12.0. The highest BCUT2D eigenvalue weighted by molar-refractivity contribution is 4.90. The molecule has 0 aromatic carbocycles. The maximum absolute atomic E-state index is 5.93. The fraction of sp³-hybridized carbons (Fsp3) is 1.00. The van der Waals surface area contributed by atoms with Crippen molar-refractivity contribution in [2.75, 3.05) is 19.7 Å². The summed E-state index contributed by atoms with van der Waals surface area (Å²) in [6.45, 7) is 18.5. The molecule has 0 unspecified atom stereocenters. The van der Waals surface area contributed by atoms with E-state index in [2.05, 4.69) is 58.3 Å². The van der Waals surface area contributed by atoms with Crippen LogP contribution in [0.2, 0.25) is 0 Å². The summed E-state index contributed by atoms with van der Waals surface area (Å²) >= 11 is 0. The number of nitrogens with zero attached hydrogens (tertiary/aromatic N) is 2. The molecular formula is C13H28N2O. The van der Waals surface area contributed by atoms with Crippen molar-refractivity contribution >= 4 is 0 Å². The molecule has 0 bridgehead atoms. The standard InChI is InChI=1S/C13H28N2O/c1-8-16-11-14(12(2,3)4)9-10-15(11)13(5,6)7/h11H,8-10H2,1-7H3. The van der Waals surface area contributed by atoms with Gasteiger partial charge in [-0.25, -0.2) is 0 Å². The van der Waals surface area contributed by atoms with Crippen molar-refractivity contribution in [2.24, 2.45) is 0 Å². The van der Waals surface area contributed by atoms with Crippen LogP contribution in [0.3, 0.4) is 0 Å². The Kier molecular flexibility index (Phi) is 4.04. The van der Waals surface area contributed by atoms with E-state index in [1.54, 1.807) is 0 Å². The van der Waals surface area contributed by atoms with Gasteiger partial charge >= 0.3 is 0 Å². The Labute approximate surface area is 101 Å². The molecule has 0 aliphatic carbocycles. The van der Waals surface area contributed by atoms with E-state index in [1.165, 1.54) is 0 Å². The predicted molar refractivity (Wildman–Crippen MR) is 68.3 cm³/mol. The molecule has 0 atom stereocenters. The fourth-order valence-corrected chi connectivity index (χ4v) is 2.27. The fourth-order valence-electron chi connectivity index (χ4n) is 2.27. The molecule has 0 aromatic rings. The first-order chi connectivity index (χ1) is 7.18. The lowest BCUT2D eigenvalue weighted by Crippen LogP contribution is -2.54. The molecule has 1 aliphatic rings. The second-order valence-electron chi connectivity index (χ2n) is 6.51. The van der Waals surface area contributed by atoms with Crippen LogP contribution in [-0.2, 0) is 4.74 Å². The Morgan fingerprint density at radius 2 is 1.31 bits per heavy atom. The number of hydrogen-bond acceptors (Lipinski definition) is 3. The molecule has 0 saturated carbocycles. The van der Waals surface area contributed by atoms with Gasteiger partial charge in [-0.05, 0) is 48.5 Å².